The van der Waals surface area contributed by atoms with Crippen LogP contribution in [0.2, 0.25) is 0 Å². The molecule has 3 nitrogen and oxygen atoms in total. The molecular formula is C20H17NO2. The molecule has 0 aliphatic heterocycles. The van der Waals surface area contributed by atoms with Gasteiger partial charge >= 0.3 is 0 Å². The van der Waals surface area contributed by atoms with Gasteiger partial charge in [0.2, 0.25) is 0 Å². The van der Waals surface area contributed by atoms with Gasteiger partial charge in [-0.2, -0.15) is 0 Å². The van der Waals surface area contributed by atoms with Crippen molar-refractivity contribution in [1.29, 1.82) is 0 Å². The van der Waals surface area contributed by atoms with Crippen LogP contribution in [0.4, 0.5) is 5.69 Å². The van der Waals surface area contributed by atoms with Crippen molar-refractivity contribution < 1.29 is 10.2 Å². The van der Waals surface area contributed by atoms with Crippen LogP contribution in [0.3, 0.4) is 0 Å². The van der Waals surface area contributed by atoms with Crippen LogP contribution in [-0.4, -0.2) is 15.9 Å². The van der Waals surface area contributed by atoms with E-state index in [1.807, 2.05) is 60.7 Å². The van der Waals surface area contributed by atoms with Crippen LogP contribution < -0.4 is 0 Å². The maximum absolute atomic E-state index is 10.8. The lowest BCUT2D eigenvalue weighted by Crippen LogP contribution is -2.13. The second-order valence-electron chi connectivity index (χ2n) is 5.17. The van der Waals surface area contributed by atoms with Gasteiger partial charge in [0, 0.05) is 0 Å². The van der Waals surface area contributed by atoms with Crippen molar-refractivity contribution in [2.45, 2.75) is 6.10 Å². The Morgan fingerprint density at radius 3 is 1.96 bits per heavy atom. The summed E-state index contributed by atoms with van der Waals surface area (Å²) in [5.74, 6) is 0.0844. The lowest BCUT2D eigenvalue weighted by Gasteiger charge is -2.15. The van der Waals surface area contributed by atoms with E-state index in [0.717, 1.165) is 11.1 Å². The Balaban J connectivity index is 2.10. The molecule has 3 rings (SSSR count). The second kappa shape index (κ2) is 6.90. The number of nitrogens with zero attached hydrogens (tertiary/aromatic N) is 1. The molecule has 0 saturated carbocycles. The Kier molecular flexibility index (Phi) is 4.50. The first-order valence-corrected chi connectivity index (χ1v) is 7.41. The molecule has 0 heterocycles. The van der Waals surface area contributed by atoms with Gasteiger partial charge < -0.3 is 10.2 Å². The van der Waals surface area contributed by atoms with E-state index in [-0.39, 0.29) is 5.75 Å². The molecule has 0 aromatic heterocycles. The highest BCUT2D eigenvalue weighted by Gasteiger charge is 2.17. The molecule has 3 aromatic carbocycles. The normalized spacial score (nSPS) is 12.8. The molecule has 3 heteroatoms. The number of aliphatic hydroxyl groups is 1. The third-order valence-corrected chi connectivity index (χ3v) is 3.57. The maximum Gasteiger partial charge on any atom is 0.141 e. The SMILES string of the molecule is Oc1ccccc1N=C(c1ccccc1)C(O)c1ccccc1. The van der Waals surface area contributed by atoms with Gasteiger partial charge in [-0.3, -0.25) is 0 Å². The Hall–Kier alpha value is -2.91. The molecule has 0 aliphatic carbocycles. The number of para-hydroxylation sites is 2. The fourth-order valence-electron chi connectivity index (χ4n) is 2.37. The molecule has 0 fully saturated rings. The number of benzene rings is 3. The highest BCUT2D eigenvalue weighted by Crippen LogP contribution is 2.29. The number of phenols is 1. The molecule has 0 aliphatic rings. The average molecular weight is 303 g/mol. The first-order valence-electron chi connectivity index (χ1n) is 7.41. The van der Waals surface area contributed by atoms with E-state index in [9.17, 15) is 10.2 Å². The van der Waals surface area contributed by atoms with Crippen molar-refractivity contribution in [2.24, 2.45) is 4.99 Å². The molecule has 1 atom stereocenters. The van der Waals surface area contributed by atoms with Gasteiger partial charge in [-0.05, 0) is 23.3 Å². The molecule has 0 spiro atoms. The van der Waals surface area contributed by atoms with Gasteiger partial charge in [0.05, 0.1) is 5.71 Å². The summed E-state index contributed by atoms with van der Waals surface area (Å²) in [5, 5.41) is 20.7. The van der Waals surface area contributed by atoms with Gasteiger partial charge in [0.15, 0.2) is 0 Å². The summed E-state index contributed by atoms with van der Waals surface area (Å²) in [4.78, 5) is 4.52. The van der Waals surface area contributed by atoms with E-state index in [1.165, 1.54) is 0 Å². The lowest BCUT2D eigenvalue weighted by molar-refractivity contribution is 0.248. The highest BCUT2D eigenvalue weighted by molar-refractivity contribution is 6.05. The smallest absolute Gasteiger partial charge is 0.141 e. The zero-order valence-corrected chi connectivity index (χ0v) is 12.5. The summed E-state index contributed by atoms with van der Waals surface area (Å²) in [6.45, 7) is 0. The predicted octanol–water partition coefficient (Wildman–Crippen LogP) is 4.25. The summed E-state index contributed by atoms with van der Waals surface area (Å²) in [6, 6.07) is 25.7. The van der Waals surface area contributed by atoms with Crippen molar-refractivity contribution in [2.75, 3.05) is 0 Å². The van der Waals surface area contributed by atoms with Crippen LogP contribution in [-0.2, 0) is 0 Å². The molecule has 0 amide bonds. The maximum atomic E-state index is 10.8. The van der Waals surface area contributed by atoms with E-state index in [0.29, 0.717) is 11.4 Å². The molecule has 2 N–H and O–H groups in total. The third-order valence-electron chi connectivity index (χ3n) is 3.57. The van der Waals surface area contributed by atoms with Gasteiger partial charge in [0.1, 0.15) is 17.5 Å². The number of aliphatic imine (C=N–C) groups is 1. The fourth-order valence-corrected chi connectivity index (χ4v) is 2.37. The lowest BCUT2D eigenvalue weighted by atomic mass is 9.99. The molecule has 23 heavy (non-hydrogen) atoms. The number of hydrogen-bond donors (Lipinski definition) is 2. The van der Waals surface area contributed by atoms with Crippen molar-refractivity contribution in [1.82, 2.24) is 0 Å². The summed E-state index contributed by atoms with van der Waals surface area (Å²) >= 11 is 0. The van der Waals surface area contributed by atoms with Crippen molar-refractivity contribution >= 4 is 11.4 Å². The van der Waals surface area contributed by atoms with Crippen molar-refractivity contribution in [3.63, 3.8) is 0 Å². The Morgan fingerprint density at radius 2 is 1.30 bits per heavy atom. The quantitative estimate of drug-likeness (QED) is 0.708. The average Bonchev–Trinajstić information content (AvgIpc) is 2.62. The van der Waals surface area contributed by atoms with E-state index in [2.05, 4.69) is 4.99 Å². The van der Waals surface area contributed by atoms with Gasteiger partial charge in [-0.25, -0.2) is 4.99 Å². The monoisotopic (exact) mass is 303 g/mol. The van der Waals surface area contributed by atoms with Crippen LogP contribution in [0.1, 0.15) is 17.2 Å². The zero-order chi connectivity index (χ0) is 16.1. The van der Waals surface area contributed by atoms with Crippen LogP contribution in [0.5, 0.6) is 5.75 Å². The van der Waals surface area contributed by atoms with Crippen LogP contribution in [0.25, 0.3) is 0 Å². The number of phenolic OH excluding ortho intramolecular Hbond substituents is 1. The van der Waals surface area contributed by atoms with Crippen molar-refractivity contribution in [3.05, 3.63) is 96.1 Å². The van der Waals surface area contributed by atoms with Crippen LogP contribution in [0, 0.1) is 0 Å². The van der Waals surface area contributed by atoms with Gasteiger partial charge in [0.25, 0.3) is 0 Å². The summed E-state index contributed by atoms with van der Waals surface area (Å²) in [7, 11) is 0. The number of rotatable bonds is 4. The molecule has 0 bridgehead atoms. The molecule has 114 valence electrons. The second-order valence-corrected chi connectivity index (χ2v) is 5.17. The van der Waals surface area contributed by atoms with Crippen molar-refractivity contribution in [3.8, 4) is 5.75 Å². The minimum Gasteiger partial charge on any atom is -0.506 e. The molecule has 0 saturated heterocycles. The topological polar surface area (TPSA) is 52.8 Å². The minimum atomic E-state index is -0.877. The van der Waals surface area contributed by atoms with E-state index in [4.69, 9.17) is 0 Å². The first kappa shape index (κ1) is 15.0. The molecule has 0 radical (unpaired) electrons. The Labute approximate surface area is 135 Å². The molecule has 1 unspecified atom stereocenters. The first-order chi connectivity index (χ1) is 11.3. The predicted molar refractivity (Wildman–Crippen MR) is 92.1 cm³/mol. The Morgan fingerprint density at radius 1 is 0.739 bits per heavy atom. The summed E-state index contributed by atoms with van der Waals surface area (Å²) in [6.07, 6.45) is -0.877. The summed E-state index contributed by atoms with van der Waals surface area (Å²) < 4.78 is 0. The van der Waals surface area contributed by atoms with E-state index in [1.54, 1.807) is 24.3 Å². The number of hydrogen-bond acceptors (Lipinski definition) is 3. The van der Waals surface area contributed by atoms with Crippen LogP contribution in [0.15, 0.2) is 89.9 Å². The largest absolute Gasteiger partial charge is 0.506 e. The molecular weight excluding hydrogens is 286 g/mol. The van der Waals surface area contributed by atoms with Gasteiger partial charge in [-0.1, -0.05) is 72.8 Å². The van der Waals surface area contributed by atoms with Gasteiger partial charge in [-0.15, -0.1) is 0 Å². The number of aromatic hydroxyl groups is 1. The molecule has 3 aromatic rings. The minimum absolute atomic E-state index is 0.0844. The van der Waals surface area contributed by atoms with E-state index < -0.39 is 6.10 Å². The highest BCUT2D eigenvalue weighted by atomic mass is 16.3. The van der Waals surface area contributed by atoms with E-state index >= 15 is 0 Å². The third kappa shape index (κ3) is 3.47. The zero-order valence-electron chi connectivity index (χ0n) is 12.5. The Bertz CT molecular complexity index is 798. The number of aliphatic hydroxyl groups excluding tert-OH is 1. The fraction of sp³-hybridized carbons (Fsp3) is 0.0500. The standard InChI is InChI=1S/C20H17NO2/c22-18-14-8-7-13-17(18)21-19(15-9-3-1-4-10-15)20(23)16-11-5-2-6-12-16/h1-14,20,22-23H. The summed E-state index contributed by atoms with van der Waals surface area (Å²) in [5.41, 5.74) is 2.50. The van der Waals surface area contributed by atoms with Crippen LogP contribution >= 0.6 is 0 Å².